The monoisotopic (exact) mass is 123 g/mol. The van der Waals surface area contributed by atoms with Crippen LogP contribution >= 0.6 is 0 Å². The van der Waals surface area contributed by atoms with Gasteiger partial charge in [0.2, 0.25) is 0 Å². The molecule has 0 amide bonds. The number of aliphatic hydroxyl groups is 1. The van der Waals surface area contributed by atoms with E-state index < -0.39 is 0 Å². The minimum Gasteiger partial charge on any atom is -0.392 e. The van der Waals surface area contributed by atoms with Crippen molar-refractivity contribution in [3.8, 4) is 6.07 Å². The molecule has 0 heterocycles. The van der Waals surface area contributed by atoms with Crippen LogP contribution in [0.5, 0.6) is 0 Å². The Morgan fingerprint density at radius 1 is 1.78 bits per heavy atom. The maximum Gasteiger partial charge on any atom is 0.0987 e. The average molecular weight is 123 g/mol. The van der Waals surface area contributed by atoms with Gasteiger partial charge in [-0.15, -0.1) is 0 Å². The largest absolute Gasteiger partial charge is 0.392 e. The molecule has 1 N–H and O–H groups in total. The summed E-state index contributed by atoms with van der Waals surface area (Å²) in [5.74, 6) is 0. The van der Waals surface area contributed by atoms with Crippen molar-refractivity contribution < 1.29 is 5.11 Å². The van der Waals surface area contributed by atoms with Gasteiger partial charge >= 0.3 is 0 Å². The van der Waals surface area contributed by atoms with Crippen molar-refractivity contribution in [3.05, 3.63) is 23.8 Å². The Bertz CT molecular complexity index is 162. The minimum absolute atomic E-state index is 0.0149. The fourth-order valence-corrected chi connectivity index (χ4v) is 0.378. The number of nitrogens with zero attached hydrogens (tertiary/aromatic N) is 1. The van der Waals surface area contributed by atoms with Gasteiger partial charge in [0.25, 0.3) is 0 Å². The Hall–Kier alpha value is -1.07. The summed E-state index contributed by atoms with van der Waals surface area (Å²) in [6.45, 7) is 1.76. The molecule has 9 heavy (non-hydrogen) atoms. The van der Waals surface area contributed by atoms with E-state index in [1.54, 1.807) is 19.1 Å². The molecule has 48 valence electrons. The molecular formula is C7H9NO. The summed E-state index contributed by atoms with van der Waals surface area (Å²) in [7, 11) is 0. The van der Waals surface area contributed by atoms with Gasteiger partial charge in [-0.3, -0.25) is 0 Å². The summed E-state index contributed by atoms with van der Waals surface area (Å²) in [5, 5.41) is 16.6. The van der Waals surface area contributed by atoms with Crippen molar-refractivity contribution in [2.75, 3.05) is 6.61 Å². The molecule has 0 saturated carbocycles. The summed E-state index contributed by atoms with van der Waals surface area (Å²) in [6.07, 6.45) is 4.80. The summed E-state index contributed by atoms with van der Waals surface area (Å²) in [6, 6.07) is 1.95. The van der Waals surface area contributed by atoms with E-state index in [-0.39, 0.29) is 6.61 Å². The van der Waals surface area contributed by atoms with Crippen LogP contribution in [0.25, 0.3) is 0 Å². The van der Waals surface area contributed by atoms with Crippen LogP contribution in [-0.2, 0) is 0 Å². The number of allylic oxidation sites excluding steroid dienone is 3. The van der Waals surface area contributed by atoms with Gasteiger partial charge in [-0.2, -0.15) is 5.26 Å². The molecule has 0 aliphatic heterocycles. The van der Waals surface area contributed by atoms with Crippen molar-refractivity contribution in [1.29, 1.82) is 5.26 Å². The van der Waals surface area contributed by atoms with E-state index in [1.165, 1.54) is 6.08 Å². The van der Waals surface area contributed by atoms with Gasteiger partial charge in [-0.05, 0) is 13.0 Å². The van der Waals surface area contributed by atoms with Crippen LogP contribution in [0.2, 0.25) is 0 Å². The summed E-state index contributed by atoms with van der Waals surface area (Å²) < 4.78 is 0. The number of rotatable bonds is 2. The zero-order valence-electron chi connectivity index (χ0n) is 5.33. The van der Waals surface area contributed by atoms with Gasteiger partial charge < -0.3 is 5.11 Å². The SMILES string of the molecule is C/C=C(C#N)\C=C/CO. The summed E-state index contributed by atoms with van der Waals surface area (Å²) >= 11 is 0. The normalized spacial score (nSPS) is 11.9. The van der Waals surface area contributed by atoms with E-state index in [2.05, 4.69) is 0 Å². The average Bonchev–Trinajstić information content (AvgIpc) is 1.91. The topological polar surface area (TPSA) is 44.0 Å². The third kappa shape index (κ3) is 3.51. The van der Waals surface area contributed by atoms with Gasteiger partial charge in [0.15, 0.2) is 0 Å². The highest BCUT2D eigenvalue weighted by molar-refractivity contribution is 5.31. The first-order chi connectivity index (χ1) is 4.35. The lowest BCUT2D eigenvalue weighted by Gasteiger charge is -1.80. The van der Waals surface area contributed by atoms with Crippen molar-refractivity contribution >= 4 is 0 Å². The molecule has 0 aliphatic carbocycles. The van der Waals surface area contributed by atoms with E-state index in [1.807, 2.05) is 6.07 Å². The number of nitriles is 1. The zero-order valence-corrected chi connectivity index (χ0v) is 5.33. The minimum atomic E-state index is -0.0149. The Balaban J connectivity index is 3.90. The Morgan fingerprint density at radius 3 is 2.78 bits per heavy atom. The third-order valence-corrected chi connectivity index (χ3v) is 0.843. The predicted octanol–water partition coefficient (Wildman–Crippen LogP) is 1.00. The van der Waals surface area contributed by atoms with Crippen molar-refractivity contribution in [2.45, 2.75) is 6.92 Å². The lowest BCUT2D eigenvalue weighted by atomic mass is 10.2. The highest BCUT2D eigenvalue weighted by Crippen LogP contribution is 1.91. The van der Waals surface area contributed by atoms with Crippen LogP contribution < -0.4 is 0 Å². The summed E-state index contributed by atoms with van der Waals surface area (Å²) in [5.41, 5.74) is 0.573. The smallest absolute Gasteiger partial charge is 0.0987 e. The molecule has 0 spiro atoms. The van der Waals surface area contributed by atoms with E-state index in [9.17, 15) is 0 Å². The first-order valence-corrected chi connectivity index (χ1v) is 2.69. The van der Waals surface area contributed by atoms with Crippen molar-refractivity contribution in [1.82, 2.24) is 0 Å². The maximum atomic E-state index is 8.30. The first-order valence-electron chi connectivity index (χ1n) is 2.69. The van der Waals surface area contributed by atoms with Crippen molar-refractivity contribution in [3.63, 3.8) is 0 Å². The fourth-order valence-electron chi connectivity index (χ4n) is 0.378. The molecule has 0 aromatic rings. The number of aliphatic hydroxyl groups excluding tert-OH is 1. The molecule has 0 unspecified atom stereocenters. The van der Waals surface area contributed by atoms with Crippen LogP contribution in [0.15, 0.2) is 23.8 Å². The molecule has 2 nitrogen and oxygen atoms in total. The third-order valence-electron chi connectivity index (χ3n) is 0.843. The lowest BCUT2D eigenvalue weighted by molar-refractivity contribution is 0.342. The van der Waals surface area contributed by atoms with Gasteiger partial charge in [0, 0.05) is 5.57 Å². The molecule has 0 fully saturated rings. The molecule has 0 radical (unpaired) electrons. The standard InChI is InChI=1S/C7H9NO/c1-2-7(6-8)4-3-5-9/h2-4,9H,5H2,1H3/b4-3-,7-2+. The molecule has 0 aromatic heterocycles. The molecular weight excluding hydrogens is 114 g/mol. The molecule has 0 rings (SSSR count). The molecule has 0 aliphatic rings. The molecule has 0 aromatic carbocycles. The lowest BCUT2D eigenvalue weighted by Crippen LogP contribution is -1.73. The molecule has 0 bridgehead atoms. The van der Waals surface area contributed by atoms with E-state index >= 15 is 0 Å². The first kappa shape index (κ1) is 7.93. The predicted molar refractivity (Wildman–Crippen MR) is 35.6 cm³/mol. The van der Waals surface area contributed by atoms with Gasteiger partial charge in [-0.1, -0.05) is 12.2 Å². The molecule has 0 saturated heterocycles. The number of hydrogen-bond acceptors (Lipinski definition) is 2. The van der Waals surface area contributed by atoms with Crippen LogP contribution in [0.4, 0.5) is 0 Å². The van der Waals surface area contributed by atoms with Crippen LogP contribution in [0, 0.1) is 11.3 Å². The van der Waals surface area contributed by atoms with E-state index in [0.29, 0.717) is 5.57 Å². The van der Waals surface area contributed by atoms with Gasteiger partial charge in [0.05, 0.1) is 12.7 Å². The van der Waals surface area contributed by atoms with Crippen molar-refractivity contribution in [2.24, 2.45) is 0 Å². The second kappa shape index (κ2) is 5.07. The van der Waals surface area contributed by atoms with Gasteiger partial charge in [0.1, 0.15) is 0 Å². The maximum absolute atomic E-state index is 8.30. The van der Waals surface area contributed by atoms with E-state index in [4.69, 9.17) is 10.4 Å². The quantitative estimate of drug-likeness (QED) is 0.440. The summed E-state index contributed by atoms with van der Waals surface area (Å²) in [4.78, 5) is 0. The fraction of sp³-hybridized carbons (Fsp3) is 0.286. The van der Waals surface area contributed by atoms with E-state index in [0.717, 1.165) is 0 Å². The second-order valence-corrected chi connectivity index (χ2v) is 1.44. The molecule has 2 heteroatoms. The van der Waals surface area contributed by atoms with Crippen LogP contribution in [0.3, 0.4) is 0 Å². The highest BCUT2D eigenvalue weighted by atomic mass is 16.2. The Morgan fingerprint density at radius 2 is 2.44 bits per heavy atom. The molecule has 0 atom stereocenters. The Kier molecular flexibility index (Phi) is 4.47. The van der Waals surface area contributed by atoms with Crippen LogP contribution in [-0.4, -0.2) is 11.7 Å². The second-order valence-electron chi connectivity index (χ2n) is 1.44. The Labute approximate surface area is 54.7 Å². The highest BCUT2D eigenvalue weighted by Gasteiger charge is 1.80. The zero-order chi connectivity index (χ0) is 7.11. The number of hydrogen-bond donors (Lipinski definition) is 1. The van der Waals surface area contributed by atoms with Gasteiger partial charge in [-0.25, -0.2) is 0 Å². The van der Waals surface area contributed by atoms with Crippen LogP contribution in [0.1, 0.15) is 6.92 Å².